The molecule has 1 aromatic carbocycles. The van der Waals surface area contributed by atoms with Gasteiger partial charge in [0.2, 0.25) is 0 Å². The van der Waals surface area contributed by atoms with E-state index in [2.05, 4.69) is 26.3 Å². The average molecular weight is 349 g/mol. The summed E-state index contributed by atoms with van der Waals surface area (Å²) in [6.45, 7) is 0. The zero-order valence-electron chi connectivity index (χ0n) is 14.0. The molecular formula is C19H19N5O2. The van der Waals surface area contributed by atoms with Gasteiger partial charge in [0.25, 0.3) is 5.91 Å². The van der Waals surface area contributed by atoms with Crippen LogP contribution in [0.4, 0.5) is 5.82 Å². The number of hydrogen-bond donors (Lipinski definition) is 3. The van der Waals surface area contributed by atoms with Gasteiger partial charge in [-0.15, -0.1) is 0 Å². The number of anilines is 1. The molecule has 7 nitrogen and oxygen atoms in total. The van der Waals surface area contributed by atoms with Crippen molar-refractivity contribution >= 4 is 22.6 Å². The number of para-hydroxylation sites is 1. The first-order valence-electron chi connectivity index (χ1n) is 8.51. The van der Waals surface area contributed by atoms with Crippen LogP contribution in [0.3, 0.4) is 0 Å². The second kappa shape index (κ2) is 6.68. The third kappa shape index (κ3) is 3.21. The lowest BCUT2D eigenvalue weighted by atomic mass is 9.75. The fraction of sp³-hybridized carbons (Fsp3) is 0.263. The first-order valence-corrected chi connectivity index (χ1v) is 8.51. The van der Waals surface area contributed by atoms with E-state index in [1.54, 1.807) is 6.20 Å². The van der Waals surface area contributed by atoms with Crippen molar-refractivity contribution in [2.75, 3.05) is 5.32 Å². The Balaban J connectivity index is 1.67. The topological polar surface area (TPSA) is 114 Å². The van der Waals surface area contributed by atoms with Crippen LogP contribution in [0.1, 0.15) is 34.9 Å². The summed E-state index contributed by atoms with van der Waals surface area (Å²) in [5.41, 5.74) is 7.34. The van der Waals surface area contributed by atoms with Gasteiger partial charge in [-0.2, -0.15) is 0 Å². The van der Waals surface area contributed by atoms with E-state index in [0.717, 1.165) is 16.5 Å². The summed E-state index contributed by atoms with van der Waals surface area (Å²) in [5, 5.41) is 14.1. The summed E-state index contributed by atoms with van der Waals surface area (Å²) in [6, 6.07) is 9.93. The largest absolute Gasteiger partial charge is 0.393 e. The van der Waals surface area contributed by atoms with Crippen LogP contribution >= 0.6 is 0 Å². The number of nitrogens with zero attached hydrogens (tertiary/aromatic N) is 3. The van der Waals surface area contributed by atoms with Crippen molar-refractivity contribution < 1.29 is 9.90 Å². The van der Waals surface area contributed by atoms with Crippen LogP contribution in [0.15, 0.2) is 48.9 Å². The zero-order chi connectivity index (χ0) is 18.1. The van der Waals surface area contributed by atoms with E-state index < -0.39 is 5.91 Å². The molecule has 0 spiro atoms. The van der Waals surface area contributed by atoms with Crippen molar-refractivity contribution in [3.8, 4) is 0 Å². The predicted molar refractivity (Wildman–Crippen MR) is 97.4 cm³/mol. The molecule has 7 heteroatoms. The van der Waals surface area contributed by atoms with Crippen molar-refractivity contribution in [3.05, 3.63) is 60.2 Å². The molecule has 26 heavy (non-hydrogen) atoms. The number of aromatic nitrogens is 3. The van der Waals surface area contributed by atoms with Gasteiger partial charge in [-0.3, -0.25) is 14.8 Å². The summed E-state index contributed by atoms with van der Waals surface area (Å²) in [7, 11) is 0. The Bertz CT molecular complexity index is 955. The Kier molecular flexibility index (Phi) is 4.22. The maximum absolute atomic E-state index is 11.3. The van der Waals surface area contributed by atoms with Crippen molar-refractivity contribution in [1.29, 1.82) is 0 Å². The number of fused-ring (bicyclic) bond motifs is 1. The highest BCUT2D eigenvalue weighted by molar-refractivity contribution is 5.90. The minimum absolute atomic E-state index is 0.0899. The van der Waals surface area contributed by atoms with Crippen molar-refractivity contribution in [2.45, 2.75) is 25.0 Å². The van der Waals surface area contributed by atoms with E-state index in [1.807, 2.05) is 30.5 Å². The maximum atomic E-state index is 11.3. The molecule has 3 aromatic rings. The molecule has 0 unspecified atom stereocenters. The highest BCUT2D eigenvalue weighted by Gasteiger charge is 2.35. The van der Waals surface area contributed by atoms with Crippen LogP contribution in [0, 0.1) is 5.92 Å². The molecule has 0 aliphatic heterocycles. The molecule has 0 bridgehead atoms. The van der Waals surface area contributed by atoms with Gasteiger partial charge < -0.3 is 16.2 Å². The zero-order valence-corrected chi connectivity index (χ0v) is 14.0. The second-order valence-electron chi connectivity index (χ2n) is 6.62. The van der Waals surface area contributed by atoms with Crippen LogP contribution < -0.4 is 11.1 Å². The van der Waals surface area contributed by atoms with Crippen molar-refractivity contribution in [2.24, 2.45) is 11.7 Å². The number of hydrogen-bond acceptors (Lipinski definition) is 6. The van der Waals surface area contributed by atoms with Gasteiger partial charge in [0, 0.05) is 11.6 Å². The molecule has 2 heterocycles. The Morgan fingerprint density at radius 1 is 1.23 bits per heavy atom. The highest BCUT2D eigenvalue weighted by Crippen LogP contribution is 2.40. The molecule has 0 saturated heterocycles. The molecule has 132 valence electrons. The quantitative estimate of drug-likeness (QED) is 0.649. The molecule has 1 fully saturated rings. The number of nitrogens with two attached hydrogens (primary N) is 1. The molecule has 1 aliphatic rings. The van der Waals surface area contributed by atoms with E-state index in [-0.39, 0.29) is 23.8 Å². The Hall–Kier alpha value is -3.06. The SMILES string of the molecule is NC(=O)c1cncc(N[C@@H](c2cnc3ccccc3c2)C2CC(O)C2)n1. The Morgan fingerprint density at radius 2 is 2.04 bits per heavy atom. The number of carbonyl (C=O) groups is 1. The molecule has 1 aliphatic carbocycles. The standard InChI is InChI=1S/C19H19N5O2/c20-19(26)16-9-21-10-17(23-16)24-18(12-6-14(25)7-12)13-5-11-3-1-2-4-15(11)22-8-13/h1-5,8-10,12,14,18,25H,6-7H2,(H2,20,26)(H,23,24)/t12?,14?,18-/m1/s1. The fourth-order valence-electron chi connectivity index (χ4n) is 3.35. The summed E-state index contributed by atoms with van der Waals surface area (Å²) in [6.07, 6.45) is 5.87. The number of aliphatic hydroxyl groups is 1. The van der Waals surface area contributed by atoms with Crippen LogP contribution in [-0.2, 0) is 0 Å². The molecule has 2 aromatic heterocycles. The fourth-order valence-corrected chi connectivity index (χ4v) is 3.35. The van der Waals surface area contributed by atoms with Gasteiger partial charge in [-0.1, -0.05) is 18.2 Å². The Morgan fingerprint density at radius 3 is 2.81 bits per heavy atom. The molecule has 1 atom stereocenters. The first kappa shape index (κ1) is 16.4. The molecule has 0 radical (unpaired) electrons. The van der Waals surface area contributed by atoms with Crippen LogP contribution in [0.2, 0.25) is 0 Å². The summed E-state index contributed by atoms with van der Waals surface area (Å²) < 4.78 is 0. The second-order valence-corrected chi connectivity index (χ2v) is 6.62. The van der Waals surface area contributed by atoms with E-state index in [9.17, 15) is 9.90 Å². The van der Waals surface area contributed by atoms with Crippen LogP contribution in [0.25, 0.3) is 10.9 Å². The maximum Gasteiger partial charge on any atom is 0.268 e. The summed E-state index contributed by atoms with van der Waals surface area (Å²) in [4.78, 5) is 24.1. The van der Waals surface area contributed by atoms with Crippen molar-refractivity contribution in [1.82, 2.24) is 15.0 Å². The van der Waals surface area contributed by atoms with Gasteiger partial charge in [0.15, 0.2) is 0 Å². The first-order chi connectivity index (χ1) is 12.6. The lowest BCUT2D eigenvalue weighted by Crippen LogP contribution is -2.36. The number of rotatable bonds is 5. The third-order valence-corrected chi connectivity index (χ3v) is 4.78. The van der Waals surface area contributed by atoms with E-state index in [0.29, 0.717) is 18.7 Å². The number of pyridine rings is 1. The minimum Gasteiger partial charge on any atom is -0.393 e. The van der Waals surface area contributed by atoms with E-state index >= 15 is 0 Å². The summed E-state index contributed by atoms with van der Waals surface area (Å²) in [5.74, 6) is 0.0944. The number of nitrogens with one attached hydrogen (secondary N) is 1. The molecular weight excluding hydrogens is 330 g/mol. The van der Waals surface area contributed by atoms with Gasteiger partial charge in [0.1, 0.15) is 11.5 Å². The van der Waals surface area contributed by atoms with E-state index in [4.69, 9.17) is 5.73 Å². The number of benzene rings is 1. The monoisotopic (exact) mass is 349 g/mol. The lowest BCUT2D eigenvalue weighted by Gasteiger charge is -2.38. The predicted octanol–water partition coefficient (Wildman–Crippen LogP) is 2.05. The minimum atomic E-state index is -0.621. The normalized spacial score (nSPS) is 20.3. The number of amides is 1. The Labute approximate surface area is 150 Å². The summed E-state index contributed by atoms with van der Waals surface area (Å²) >= 11 is 0. The number of primary amides is 1. The van der Waals surface area contributed by atoms with Gasteiger partial charge in [0.05, 0.1) is 30.1 Å². The molecule has 1 saturated carbocycles. The van der Waals surface area contributed by atoms with Gasteiger partial charge >= 0.3 is 0 Å². The molecule has 1 amide bonds. The van der Waals surface area contributed by atoms with Gasteiger partial charge in [-0.25, -0.2) is 4.98 Å². The number of aliphatic hydroxyl groups excluding tert-OH is 1. The van der Waals surface area contributed by atoms with Crippen LogP contribution in [0.5, 0.6) is 0 Å². The van der Waals surface area contributed by atoms with Crippen molar-refractivity contribution in [3.63, 3.8) is 0 Å². The number of carbonyl (C=O) groups excluding carboxylic acids is 1. The lowest BCUT2D eigenvalue weighted by molar-refractivity contribution is 0.0339. The average Bonchev–Trinajstić information content (AvgIpc) is 2.63. The highest BCUT2D eigenvalue weighted by atomic mass is 16.3. The van der Waals surface area contributed by atoms with Crippen LogP contribution in [-0.4, -0.2) is 32.1 Å². The van der Waals surface area contributed by atoms with E-state index in [1.165, 1.54) is 6.20 Å². The third-order valence-electron chi connectivity index (χ3n) is 4.78. The molecule has 4 N–H and O–H groups in total. The smallest absolute Gasteiger partial charge is 0.268 e. The molecule has 4 rings (SSSR count). The van der Waals surface area contributed by atoms with Gasteiger partial charge in [-0.05, 0) is 36.5 Å².